The Morgan fingerprint density at radius 3 is 2.64 bits per heavy atom. The van der Waals surface area contributed by atoms with Crippen molar-refractivity contribution in [3.8, 4) is 5.75 Å². The van der Waals surface area contributed by atoms with Crippen molar-refractivity contribution >= 4 is 33.4 Å². The number of carbonyl (C=O) groups is 2. The minimum atomic E-state index is -0.165. The molecule has 3 rings (SSSR count). The standard InChI is InChI=1S/C19H19BrN2O3/c1-25-17-9-6-15(20)11-14(17)12-21-19(24)13-4-7-16(8-5-13)22-10-2-3-18(22)23/h4-9,11H,2-3,10,12H2,1H3,(H,21,24). The summed E-state index contributed by atoms with van der Waals surface area (Å²) in [6, 6.07) is 12.8. The Balaban J connectivity index is 1.65. The van der Waals surface area contributed by atoms with E-state index in [9.17, 15) is 9.59 Å². The van der Waals surface area contributed by atoms with Crippen LogP contribution >= 0.6 is 15.9 Å². The van der Waals surface area contributed by atoms with Gasteiger partial charge in [0.1, 0.15) is 5.75 Å². The number of hydrogen-bond acceptors (Lipinski definition) is 3. The van der Waals surface area contributed by atoms with Gasteiger partial charge >= 0.3 is 0 Å². The third-order valence-corrected chi connectivity index (χ3v) is 4.69. The van der Waals surface area contributed by atoms with E-state index in [4.69, 9.17) is 4.74 Å². The largest absolute Gasteiger partial charge is 0.496 e. The number of anilines is 1. The summed E-state index contributed by atoms with van der Waals surface area (Å²) in [5.41, 5.74) is 2.29. The van der Waals surface area contributed by atoms with Crippen molar-refractivity contribution in [3.05, 3.63) is 58.1 Å². The van der Waals surface area contributed by atoms with Gasteiger partial charge in [-0.2, -0.15) is 0 Å². The third-order valence-electron chi connectivity index (χ3n) is 4.20. The molecule has 0 aromatic heterocycles. The molecule has 2 aromatic carbocycles. The van der Waals surface area contributed by atoms with Crippen LogP contribution in [-0.2, 0) is 11.3 Å². The van der Waals surface area contributed by atoms with Crippen LogP contribution in [0.4, 0.5) is 5.69 Å². The SMILES string of the molecule is COc1ccc(Br)cc1CNC(=O)c1ccc(N2CCCC2=O)cc1. The predicted octanol–water partition coefficient (Wildman–Crippen LogP) is 3.51. The molecule has 1 heterocycles. The van der Waals surface area contributed by atoms with E-state index < -0.39 is 0 Å². The lowest BCUT2D eigenvalue weighted by molar-refractivity contribution is -0.117. The summed E-state index contributed by atoms with van der Waals surface area (Å²) >= 11 is 3.42. The molecule has 5 nitrogen and oxygen atoms in total. The number of halogens is 1. The van der Waals surface area contributed by atoms with E-state index >= 15 is 0 Å². The average Bonchev–Trinajstić information content (AvgIpc) is 3.06. The van der Waals surface area contributed by atoms with Crippen LogP contribution in [0.15, 0.2) is 46.9 Å². The first kappa shape index (κ1) is 17.5. The topological polar surface area (TPSA) is 58.6 Å². The van der Waals surface area contributed by atoms with Crippen molar-refractivity contribution < 1.29 is 14.3 Å². The summed E-state index contributed by atoms with van der Waals surface area (Å²) in [6.45, 7) is 1.11. The van der Waals surface area contributed by atoms with Gasteiger partial charge in [-0.25, -0.2) is 0 Å². The lowest BCUT2D eigenvalue weighted by Crippen LogP contribution is -2.25. The number of amides is 2. The van der Waals surface area contributed by atoms with Crippen molar-refractivity contribution in [2.75, 3.05) is 18.6 Å². The van der Waals surface area contributed by atoms with Gasteiger partial charge in [0.25, 0.3) is 5.91 Å². The number of rotatable bonds is 5. The molecule has 25 heavy (non-hydrogen) atoms. The molecule has 0 radical (unpaired) electrons. The number of methoxy groups -OCH3 is 1. The molecule has 0 spiro atoms. The van der Waals surface area contributed by atoms with E-state index in [1.165, 1.54) is 0 Å². The maximum atomic E-state index is 12.4. The van der Waals surface area contributed by atoms with Gasteiger partial charge in [-0.15, -0.1) is 0 Å². The first-order chi connectivity index (χ1) is 12.1. The molecule has 0 aliphatic carbocycles. The minimum absolute atomic E-state index is 0.138. The van der Waals surface area contributed by atoms with Crippen molar-refractivity contribution in [2.45, 2.75) is 19.4 Å². The molecule has 0 bridgehead atoms. The smallest absolute Gasteiger partial charge is 0.251 e. The zero-order chi connectivity index (χ0) is 17.8. The van der Waals surface area contributed by atoms with Gasteiger partial charge < -0.3 is 15.0 Å². The Labute approximate surface area is 155 Å². The van der Waals surface area contributed by atoms with Gasteiger partial charge in [0, 0.05) is 40.8 Å². The zero-order valence-corrected chi connectivity index (χ0v) is 15.5. The van der Waals surface area contributed by atoms with E-state index in [2.05, 4.69) is 21.2 Å². The molecule has 0 atom stereocenters. The van der Waals surface area contributed by atoms with Crippen molar-refractivity contribution in [1.29, 1.82) is 0 Å². The second-order valence-corrected chi connectivity index (χ2v) is 6.75. The molecule has 1 fully saturated rings. The van der Waals surface area contributed by atoms with Gasteiger partial charge in [0.2, 0.25) is 5.91 Å². The fourth-order valence-electron chi connectivity index (χ4n) is 2.88. The maximum absolute atomic E-state index is 12.4. The van der Waals surface area contributed by atoms with Gasteiger partial charge in [-0.05, 0) is 48.9 Å². The molecular formula is C19H19BrN2O3. The Hall–Kier alpha value is -2.34. The highest BCUT2D eigenvalue weighted by Crippen LogP contribution is 2.23. The van der Waals surface area contributed by atoms with Crippen LogP contribution in [0.5, 0.6) is 5.75 Å². The highest BCUT2D eigenvalue weighted by molar-refractivity contribution is 9.10. The highest BCUT2D eigenvalue weighted by atomic mass is 79.9. The fraction of sp³-hybridized carbons (Fsp3) is 0.263. The predicted molar refractivity (Wildman–Crippen MR) is 99.9 cm³/mol. The van der Waals surface area contributed by atoms with E-state index in [1.807, 2.05) is 30.3 Å². The van der Waals surface area contributed by atoms with E-state index in [0.717, 1.165) is 34.4 Å². The quantitative estimate of drug-likeness (QED) is 0.831. The van der Waals surface area contributed by atoms with Crippen LogP contribution in [0, 0.1) is 0 Å². The fourth-order valence-corrected chi connectivity index (χ4v) is 3.29. The molecule has 6 heteroatoms. The van der Waals surface area contributed by atoms with Gasteiger partial charge in [-0.3, -0.25) is 9.59 Å². The molecule has 1 N–H and O–H groups in total. The Bertz CT molecular complexity index is 790. The normalized spacial score (nSPS) is 13.8. The van der Waals surface area contributed by atoms with Crippen molar-refractivity contribution in [3.63, 3.8) is 0 Å². The minimum Gasteiger partial charge on any atom is -0.496 e. The molecule has 2 aromatic rings. The first-order valence-corrected chi connectivity index (χ1v) is 8.89. The van der Waals surface area contributed by atoms with Crippen molar-refractivity contribution in [2.24, 2.45) is 0 Å². The number of carbonyl (C=O) groups excluding carboxylic acids is 2. The zero-order valence-electron chi connectivity index (χ0n) is 13.9. The number of benzene rings is 2. The number of nitrogens with one attached hydrogen (secondary N) is 1. The van der Waals surface area contributed by atoms with Gasteiger partial charge in [0.15, 0.2) is 0 Å². The Morgan fingerprint density at radius 1 is 1.24 bits per heavy atom. The molecule has 1 saturated heterocycles. The summed E-state index contributed by atoms with van der Waals surface area (Å²) in [5, 5.41) is 2.89. The monoisotopic (exact) mass is 402 g/mol. The summed E-state index contributed by atoms with van der Waals surface area (Å²) in [6.07, 6.45) is 1.48. The lowest BCUT2D eigenvalue weighted by atomic mass is 10.1. The van der Waals surface area contributed by atoms with E-state index in [-0.39, 0.29) is 11.8 Å². The average molecular weight is 403 g/mol. The van der Waals surface area contributed by atoms with Gasteiger partial charge in [0.05, 0.1) is 7.11 Å². The molecular weight excluding hydrogens is 384 g/mol. The number of ether oxygens (including phenoxy) is 1. The summed E-state index contributed by atoms with van der Waals surface area (Å²) in [5.74, 6) is 0.701. The van der Waals surface area contributed by atoms with Crippen LogP contribution in [0.1, 0.15) is 28.8 Å². The third kappa shape index (κ3) is 4.02. The van der Waals surface area contributed by atoms with E-state index in [0.29, 0.717) is 18.5 Å². The molecule has 1 aliphatic rings. The number of nitrogens with zero attached hydrogens (tertiary/aromatic N) is 1. The Kier molecular flexibility index (Phi) is 5.38. The first-order valence-electron chi connectivity index (χ1n) is 8.09. The highest BCUT2D eigenvalue weighted by Gasteiger charge is 2.21. The van der Waals surface area contributed by atoms with Crippen LogP contribution in [-0.4, -0.2) is 25.5 Å². The maximum Gasteiger partial charge on any atom is 0.251 e. The molecule has 2 amide bonds. The summed E-state index contributed by atoms with van der Waals surface area (Å²) < 4.78 is 6.24. The number of hydrogen-bond donors (Lipinski definition) is 1. The van der Waals surface area contributed by atoms with Crippen LogP contribution in [0.25, 0.3) is 0 Å². The lowest BCUT2D eigenvalue weighted by Gasteiger charge is -2.16. The van der Waals surface area contributed by atoms with Crippen LogP contribution in [0.3, 0.4) is 0 Å². The van der Waals surface area contributed by atoms with Gasteiger partial charge in [-0.1, -0.05) is 15.9 Å². The second kappa shape index (κ2) is 7.70. The van der Waals surface area contributed by atoms with Crippen molar-refractivity contribution in [1.82, 2.24) is 5.32 Å². The molecule has 1 aliphatic heterocycles. The molecule has 0 unspecified atom stereocenters. The summed E-state index contributed by atoms with van der Waals surface area (Å²) in [4.78, 5) is 25.9. The molecule has 0 saturated carbocycles. The second-order valence-electron chi connectivity index (χ2n) is 5.83. The van der Waals surface area contributed by atoms with Crippen LogP contribution in [0.2, 0.25) is 0 Å². The Morgan fingerprint density at radius 2 is 2.00 bits per heavy atom. The van der Waals surface area contributed by atoms with E-state index in [1.54, 1.807) is 24.1 Å². The molecule has 130 valence electrons. The van der Waals surface area contributed by atoms with Crippen LogP contribution < -0.4 is 15.0 Å². The summed E-state index contributed by atoms with van der Waals surface area (Å²) in [7, 11) is 1.60.